The molecule has 21 heavy (non-hydrogen) atoms. The molecule has 2 heterocycles. The first-order chi connectivity index (χ1) is 10.3. The second kappa shape index (κ2) is 4.69. The highest BCUT2D eigenvalue weighted by Gasteiger charge is 2.16. The van der Waals surface area contributed by atoms with E-state index in [0.717, 1.165) is 16.5 Å². The molecule has 4 aromatic rings. The lowest BCUT2D eigenvalue weighted by molar-refractivity contribution is 1.09. The highest BCUT2D eigenvalue weighted by atomic mass is 35.5. The van der Waals surface area contributed by atoms with Gasteiger partial charge in [0.25, 0.3) is 0 Å². The SMILES string of the molecule is Clc1ccccc1-c1nnc2c3ccccc3nc(Cl)n12. The Bertz CT molecular complexity index is 978. The van der Waals surface area contributed by atoms with E-state index in [1.165, 1.54) is 0 Å². The third kappa shape index (κ3) is 1.87. The average Bonchev–Trinajstić information content (AvgIpc) is 2.93. The number of para-hydroxylation sites is 1. The van der Waals surface area contributed by atoms with Crippen LogP contribution in [0, 0.1) is 0 Å². The van der Waals surface area contributed by atoms with Crippen molar-refractivity contribution >= 4 is 39.8 Å². The largest absolute Gasteiger partial charge is 0.248 e. The summed E-state index contributed by atoms with van der Waals surface area (Å²) in [5.74, 6) is 0.582. The topological polar surface area (TPSA) is 43.1 Å². The Labute approximate surface area is 130 Å². The molecule has 0 amide bonds. The van der Waals surface area contributed by atoms with Gasteiger partial charge >= 0.3 is 0 Å². The Kier molecular flexibility index (Phi) is 2.80. The molecule has 0 radical (unpaired) electrons. The van der Waals surface area contributed by atoms with Crippen LogP contribution in [0.1, 0.15) is 0 Å². The van der Waals surface area contributed by atoms with Crippen molar-refractivity contribution in [2.24, 2.45) is 0 Å². The highest BCUT2D eigenvalue weighted by molar-refractivity contribution is 6.33. The second-order valence-corrected chi connectivity index (χ2v) is 5.31. The summed E-state index contributed by atoms with van der Waals surface area (Å²) in [5, 5.41) is 10.3. The molecule has 0 aliphatic heterocycles. The summed E-state index contributed by atoms with van der Waals surface area (Å²) in [7, 11) is 0. The molecule has 0 saturated carbocycles. The van der Waals surface area contributed by atoms with Gasteiger partial charge in [0.2, 0.25) is 5.28 Å². The fourth-order valence-electron chi connectivity index (χ4n) is 2.36. The first-order valence-electron chi connectivity index (χ1n) is 6.30. The van der Waals surface area contributed by atoms with E-state index in [1.54, 1.807) is 10.5 Å². The number of rotatable bonds is 1. The maximum Gasteiger partial charge on any atom is 0.210 e. The number of hydrogen-bond acceptors (Lipinski definition) is 3. The van der Waals surface area contributed by atoms with Crippen LogP contribution in [-0.4, -0.2) is 19.6 Å². The summed E-state index contributed by atoms with van der Waals surface area (Å²) < 4.78 is 1.71. The molecule has 0 aliphatic carbocycles. The van der Waals surface area contributed by atoms with Gasteiger partial charge in [0.1, 0.15) is 0 Å². The molecular formula is C15H8Cl2N4. The zero-order valence-corrected chi connectivity index (χ0v) is 12.2. The third-order valence-electron chi connectivity index (χ3n) is 3.32. The maximum atomic E-state index is 6.31. The second-order valence-electron chi connectivity index (χ2n) is 4.56. The molecule has 4 nitrogen and oxygen atoms in total. The summed E-state index contributed by atoms with van der Waals surface area (Å²) in [6.07, 6.45) is 0. The van der Waals surface area contributed by atoms with Gasteiger partial charge in [-0.05, 0) is 35.9 Å². The number of fused-ring (bicyclic) bond motifs is 3. The lowest BCUT2D eigenvalue weighted by Crippen LogP contribution is -1.96. The van der Waals surface area contributed by atoms with Crippen LogP contribution < -0.4 is 0 Å². The van der Waals surface area contributed by atoms with Crippen molar-refractivity contribution in [3.63, 3.8) is 0 Å². The Hall–Kier alpha value is -2.17. The first kappa shape index (κ1) is 12.6. The van der Waals surface area contributed by atoms with E-state index in [4.69, 9.17) is 23.2 Å². The molecular weight excluding hydrogens is 307 g/mol. The quantitative estimate of drug-likeness (QED) is 0.493. The lowest BCUT2D eigenvalue weighted by atomic mass is 10.2. The van der Waals surface area contributed by atoms with Crippen LogP contribution >= 0.6 is 23.2 Å². The van der Waals surface area contributed by atoms with Gasteiger partial charge in [-0.15, -0.1) is 10.2 Å². The molecule has 0 fully saturated rings. The molecule has 0 unspecified atom stereocenters. The Morgan fingerprint density at radius 1 is 0.857 bits per heavy atom. The molecule has 0 spiro atoms. The van der Waals surface area contributed by atoms with Gasteiger partial charge in [-0.1, -0.05) is 35.9 Å². The van der Waals surface area contributed by atoms with Crippen LogP contribution in [0.3, 0.4) is 0 Å². The first-order valence-corrected chi connectivity index (χ1v) is 7.05. The average molecular weight is 315 g/mol. The van der Waals surface area contributed by atoms with Gasteiger partial charge in [0, 0.05) is 10.9 Å². The van der Waals surface area contributed by atoms with E-state index in [2.05, 4.69) is 15.2 Å². The zero-order chi connectivity index (χ0) is 14.4. The maximum absolute atomic E-state index is 6.31. The minimum Gasteiger partial charge on any atom is -0.248 e. The zero-order valence-electron chi connectivity index (χ0n) is 10.7. The van der Waals surface area contributed by atoms with E-state index in [0.29, 0.717) is 21.8 Å². The van der Waals surface area contributed by atoms with Gasteiger partial charge in [-0.3, -0.25) is 0 Å². The van der Waals surface area contributed by atoms with Crippen molar-refractivity contribution in [2.45, 2.75) is 0 Å². The fraction of sp³-hybridized carbons (Fsp3) is 0. The number of hydrogen-bond donors (Lipinski definition) is 0. The van der Waals surface area contributed by atoms with E-state index in [1.807, 2.05) is 42.5 Å². The molecule has 6 heteroatoms. The van der Waals surface area contributed by atoms with Crippen LogP contribution in [0.4, 0.5) is 0 Å². The minimum absolute atomic E-state index is 0.309. The number of benzene rings is 2. The predicted octanol–water partition coefficient (Wildman–Crippen LogP) is 4.25. The molecule has 0 atom stereocenters. The summed E-state index contributed by atoms with van der Waals surface area (Å²) >= 11 is 12.6. The summed E-state index contributed by atoms with van der Waals surface area (Å²) in [4.78, 5) is 4.40. The fourth-order valence-corrected chi connectivity index (χ4v) is 2.83. The predicted molar refractivity (Wildman–Crippen MR) is 83.7 cm³/mol. The molecule has 102 valence electrons. The normalized spacial score (nSPS) is 11.3. The standard InChI is InChI=1S/C15H8Cl2N4/c16-11-7-3-1-5-9(11)13-19-20-14-10-6-2-4-8-12(10)18-15(17)21(13)14/h1-8H. The van der Waals surface area contributed by atoms with Crippen molar-refractivity contribution < 1.29 is 0 Å². The van der Waals surface area contributed by atoms with Crippen LogP contribution in [0.15, 0.2) is 48.5 Å². The van der Waals surface area contributed by atoms with Crippen molar-refractivity contribution in [1.82, 2.24) is 19.6 Å². The van der Waals surface area contributed by atoms with Crippen LogP contribution in [-0.2, 0) is 0 Å². The van der Waals surface area contributed by atoms with Crippen LogP contribution in [0.5, 0.6) is 0 Å². The molecule has 0 bridgehead atoms. The van der Waals surface area contributed by atoms with E-state index >= 15 is 0 Å². The van der Waals surface area contributed by atoms with Crippen LogP contribution in [0.2, 0.25) is 10.3 Å². The van der Waals surface area contributed by atoms with Crippen LogP contribution in [0.25, 0.3) is 27.9 Å². The van der Waals surface area contributed by atoms with Gasteiger partial charge in [0.15, 0.2) is 11.5 Å². The molecule has 0 aliphatic rings. The molecule has 2 aromatic heterocycles. The number of nitrogens with zero attached hydrogens (tertiary/aromatic N) is 4. The molecule has 2 aromatic carbocycles. The molecule has 0 saturated heterocycles. The van der Waals surface area contributed by atoms with E-state index < -0.39 is 0 Å². The Balaban J connectivity index is 2.14. The molecule has 4 rings (SSSR count). The van der Waals surface area contributed by atoms with Crippen molar-refractivity contribution in [1.29, 1.82) is 0 Å². The summed E-state index contributed by atoms with van der Waals surface area (Å²) in [5.41, 5.74) is 2.22. The number of halogens is 2. The third-order valence-corrected chi connectivity index (χ3v) is 3.90. The minimum atomic E-state index is 0.309. The van der Waals surface area contributed by atoms with Crippen molar-refractivity contribution in [3.05, 3.63) is 58.8 Å². The van der Waals surface area contributed by atoms with E-state index in [-0.39, 0.29) is 0 Å². The van der Waals surface area contributed by atoms with Crippen molar-refractivity contribution in [2.75, 3.05) is 0 Å². The smallest absolute Gasteiger partial charge is 0.210 e. The number of aromatic nitrogens is 4. The summed E-state index contributed by atoms with van der Waals surface area (Å²) in [6, 6.07) is 15.1. The van der Waals surface area contributed by atoms with Gasteiger partial charge in [-0.2, -0.15) is 0 Å². The van der Waals surface area contributed by atoms with E-state index in [9.17, 15) is 0 Å². The molecule has 0 N–H and O–H groups in total. The van der Waals surface area contributed by atoms with Gasteiger partial charge in [0.05, 0.1) is 10.5 Å². The Morgan fingerprint density at radius 3 is 2.48 bits per heavy atom. The summed E-state index contributed by atoms with van der Waals surface area (Å²) in [6.45, 7) is 0. The van der Waals surface area contributed by atoms with Gasteiger partial charge < -0.3 is 0 Å². The monoisotopic (exact) mass is 314 g/mol. The highest BCUT2D eigenvalue weighted by Crippen LogP contribution is 2.30. The van der Waals surface area contributed by atoms with Crippen molar-refractivity contribution in [3.8, 4) is 11.4 Å². The van der Waals surface area contributed by atoms with Gasteiger partial charge in [-0.25, -0.2) is 9.38 Å². The Morgan fingerprint density at radius 2 is 1.62 bits per heavy atom. The lowest BCUT2D eigenvalue weighted by Gasteiger charge is -2.05.